The Labute approximate surface area is 105 Å². The predicted octanol–water partition coefficient (Wildman–Crippen LogP) is 2.50. The van der Waals surface area contributed by atoms with Crippen molar-refractivity contribution in [2.24, 2.45) is 5.41 Å². The van der Waals surface area contributed by atoms with Gasteiger partial charge < -0.3 is 14.6 Å². The van der Waals surface area contributed by atoms with Crippen LogP contribution in [-0.4, -0.2) is 25.3 Å². The molecule has 0 unspecified atom stereocenters. The lowest BCUT2D eigenvalue weighted by Gasteiger charge is -2.21. The Balaban J connectivity index is 3.22. The Hall–Kier alpha value is -1.78. The molecule has 5 heteroatoms. The van der Waals surface area contributed by atoms with E-state index >= 15 is 0 Å². The molecular weight excluding hydrogens is 239 g/mol. The number of hydrogen-bond donors (Lipinski definition) is 1. The standard InChI is InChI=1S/C13H17FO4/c1-13(2,12(15)16)7-8-5-6-9(14)11(18-4)10(8)17-3/h5-6H,7H2,1-4H3,(H,15,16). The van der Waals surface area contributed by atoms with Crippen molar-refractivity contribution in [1.29, 1.82) is 0 Å². The van der Waals surface area contributed by atoms with Crippen LogP contribution in [0.4, 0.5) is 4.39 Å². The Bertz CT molecular complexity index is 455. The van der Waals surface area contributed by atoms with Crippen molar-refractivity contribution < 1.29 is 23.8 Å². The summed E-state index contributed by atoms with van der Waals surface area (Å²) >= 11 is 0. The molecule has 0 aliphatic heterocycles. The third-order valence-electron chi connectivity index (χ3n) is 2.77. The second-order valence-corrected chi connectivity index (χ2v) is 4.64. The Morgan fingerprint density at radius 1 is 1.28 bits per heavy atom. The monoisotopic (exact) mass is 256 g/mol. The number of halogens is 1. The number of benzene rings is 1. The normalized spacial score (nSPS) is 11.2. The number of aliphatic carboxylic acids is 1. The quantitative estimate of drug-likeness (QED) is 0.879. The summed E-state index contributed by atoms with van der Waals surface area (Å²) in [6.45, 7) is 3.20. The fraction of sp³-hybridized carbons (Fsp3) is 0.462. The van der Waals surface area contributed by atoms with E-state index in [1.165, 1.54) is 26.4 Å². The number of carboxylic acid groups (broad SMARTS) is 1. The van der Waals surface area contributed by atoms with Crippen molar-refractivity contribution in [3.8, 4) is 11.5 Å². The van der Waals surface area contributed by atoms with E-state index in [2.05, 4.69) is 0 Å². The van der Waals surface area contributed by atoms with E-state index < -0.39 is 17.2 Å². The molecule has 1 rings (SSSR count). The van der Waals surface area contributed by atoms with Gasteiger partial charge in [-0.15, -0.1) is 0 Å². The topological polar surface area (TPSA) is 55.8 Å². The largest absolute Gasteiger partial charge is 0.492 e. The Morgan fingerprint density at radius 3 is 2.28 bits per heavy atom. The Morgan fingerprint density at radius 2 is 1.83 bits per heavy atom. The van der Waals surface area contributed by atoms with E-state index in [0.29, 0.717) is 5.56 Å². The van der Waals surface area contributed by atoms with Crippen molar-refractivity contribution in [2.75, 3.05) is 14.2 Å². The van der Waals surface area contributed by atoms with Crippen molar-refractivity contribution in [3.63, 3.8) is 0 Å². The highest BCUT2D eigenvalue weighted by Gasteiger charge is 2.30. The molecule has 0 aliphatic carbocycles. The maximum absolute atomic E-state index is 13.5. The van der Waals surface area contributed by atoms with Crippen molar-refractivity contribution in [1.82, 2.24) is 0 Å². The van der Waals surface area contributed by atoms with Crippen LogP contribution in [0.25, 0.3) is 0 Å². The smallest absolute Gasteiger partial charge is 0.309 e. The lowest BCUT2D eigenvalue weighted by molar-refractivity contribution is -0.146. The Kier molecular flexibility index (Phi) is 4.16. The van der Waals surface area contributed by atoms with E-state index in [0.717, 1.165) is 0 Å². The fourth-order valence-electron chi connectivity index (χ4n) is 1.68. The van der Waals surface area contributed by atoms with Gasteiger partial charge in [0.25, 0.3) is 0 Å². The second kappa shape index (κ2) is 5.25. The maximum atomic E-state index is 13.5. The van der Waals surface area contributed by atoms with Crippen molar-refractivity contribution in [3.05, 3.63) is 23.5 Å². The molecule has 0 fully saturated rings. The molecule has 0 atom stereocenters. The zero-order chi connectivity index (χ0) is 13.9. The SMILES string of the molecule is COc1c(F)ccc(CC(C)(C)C(=O)O)c1OC. The van der Waals surface area contributed by atoms with Crippen LogP contribution >= 0.6 is 0 Å². The van der Waals surface area contributed by atoms with Gasteiger partial charge in [0.1, 0.15) is 0 Å². The van der Waals surface area contributed by atoms with Crippen molar-refractivity contribution >= 4 is 5.97 Å². The molecule has 0 heterocycles. The first-order valence-corrected chi connectivity index (χ1v) is 5.46. The molecule has 1 aromatic rings. The highest BCUT2D eigenvalue weighted by atomic mass is 19.1. The van der Waals surface area contributed by atoms with Crippen LogP contribution < -0.4 is 9.47 Å². The molecule has 0 aliphatic rings. The molecule has 1 N–H and O–H groups in total. The van der Waals surface area contributed by atoms with E-state index in [1.54, 1.807) is 13.8 Å². The molecule has 0 radical (unpaired) electrons. The number of hydrogen-bond acceptors (Lipinski definition) is 3. The number of methoxy groups -OCH3 is 2. The van der Waals surface area contributed by atoms with Gasteiger partial charge in [-0.25, -0.2) is 4.39 Å². The number of carbonyl (C=O) groups is 1. The summed E-state index contributed by atoms with van der Waals surface area (Å²) in [6, 6.07) is 2.76. The summed E-state index contributed by atoms with van der Waals surface area (Å²) in [5, 5.41) is 9.10. The van der Waals surface area contributed by atoms with Crippen LogP contribution in [0.5, 0.6) is 11.5 Å². The zero-order valence-electron chi connectivity index (χ0n) is 10.9. The molecule has 0 saturated carbocycles. The third kappa shape index (κ3) is 2.72. The third-order valence-corrected chi connectivity index (χ3v) is 2.77. The van der Waals surface area contributed by atoms with E-state index in [1.807, 2.05) is 0 Å². The fourth-order valence-corrected chi connectivity index (χ4v) is 1.68. The molecule has 4 nitrogen and oxygen atoms in total. The van der Waals surface area contributed by atoms with Crippen LogP contribution in [0.1, 0.15) is 19.4 Å². The number of ether oxygens (including phenoxy) is 2. The van der Waals surface area contributed by atoms with Gasteiger partial charge in [0.2, 0.25) is 0 Å². The molecule has 1 aromatic carbocycles. The molecule has 18 heavy (non-hydrogen) atoms. The van der Waals surface area contributed by atoms with Crippen LogP contribution in [0.3, 0.4) is 0 Å². The molecule has 0 amide bonds. The molecule has 0 saturated heterocycles. The lowest BCUT2D eigenvalue weighted by atomic mass is 9.85. The first kappa shape index (κ1) is 14.3. The highest BCUT2D eigenvalue weighted by molar-refractivity contribution is 5.74. The first-order valence-electron chi connectivity index (χ1n) is 5.46. The number of rotatable bonds is 5. The summed E-state index contributed by atoms with van der Waals surface area (Å²) in [7, 11) is 2.74. The molecule has 0 spiro atoms. The van der Waals surface area contributed by atoms with E-state index in [4.69, 9.17) is 14.6 Å². The molecule has 0 bridgehead atoms. The van der Waals surface area contributed by atoms with Crippen LogP contribution in [-0.2, 0) is 11.2 Å². The second-order valence-electron chi connectivity index (χ2n) is 4.64. The van der Waals surface area contributed by atoms with E-state index in [-0.39, 0.29) is 17.9 Å². The lowest BCUT2D eigenvalue weighted by Crippen LogP contribution is -2.26. The highest BCUT2D eigenvalue weighted by Crippen LogP contribution is 2.37. The summed E-state index contributed by atoms with van der Waals surface area (Å²) in [5.74, 6) is -1.22. The van der Waals surface area contributed by atoms with Crippen LogP contribution in [0.15, 0.2) is 12.1 Å². The molecule has 0 aromatic heterocycles. The summed E-state index contributed by atoms with van der Waals surface area (Å²) < 4.78 is 23.5. The van der Waals surface area contributed by atoms with Gasteiger partial charge in [-0.05, 0) is 31.9 Å². The first-order chi connectivity index (χ1) is 8.33. The van der Waals surface area contributed by atoms with Crippen molar-refractivity contribution in [2.45, 2.75) is 20.3 Å². The zero-order valence-corrected chi connectivity index (χ0v) is 10.9. The van der Waals surface area contributed by atoms with Crippen LogP contribution in [0, 0.1) is 11.2 Å². The van der Waals surface area contributed by atoms with Gasteiger partial charge in [-0.3, -0.25) is 4.79 Å². The summed E-state index contributed by atoms with van der Waals surface area (Å²) in [4.78, 5) is 11.1. The average molecular weight is 256 g/mol. The van der Waals surface area contributed by atoms with Gasteiger partial charge in [0.15, 0.2) is 17.3 Å². The van der Waals surface area contributed by atoms with Gasteiger partial charge in [0, 0.05) is 0 Å². The van der Waals surface area contributed by atoms with Gasteiger partial charge in [-0.2, -0.15) is 0 Å². The van der Waals surface area contributed by atoms with Gasteiger partial charge >= 0.3 is 5.97 Å². The minimum atomic E-state index is -0.962. The summed E-state index contributed by atoms with van der Waals surface area (Å²) in [6.07, 6.45) is 0.224. The summed E-state index contributed by atoms with van der Waals surface area (Å²) in [5.41, 5.74) is -0.362. The van der Waals surface area contributed by atoms with Gasteiger partial charge in [-0.1, -0.05) is 6.07 Å². The average Bonchev–Trinajstić information content (AvgIpc) is 2.30. The minimum absolute atomic E-state index is 0.00353. The van der Waals surface area contributed by atoms with Crippen LogP contribution in [0.2, 0.25) is 0 Å². The van der Waals surface area contributed by atoms with E-state index in [9.17, 15) is 9.18 Å². The maximum Gasteiger partial charge on any atom is 0.309 e. The number of carboxylic acids is 1. The molecule has 100 valence electrons. The predicted molar refractivity (Wildman–Crippen MR) is 64.6 cm³/mol. The molecular formula is C13H17FO4. The van der Waals surface area contributed by atoms with Gasteiger partial charge in [0.05, 0.1) is 19.6 Å². The minimum Gasteiger partial charge on any atom is -0.492 e.